The van der Waals surface area contributed by atoms with Gasteiger partial charge < -0.3 is 10.6 Å². The van der Waals surface area contributed by atoms with Gasteiger partial charge in [0.05, 0.1) is 0 Å². The summed E-state index contributed by atoms with van der Waals surface area (Å²) in [6.45, 7) is 4.94. The van der Waals surface area contributed by atoms with Crippen LogP contribution in [0, 0.1) is 24.2 Å². The van der Waals surface area contributed by atoms with E-state index in [1.807, 2.05) is 0 Å². The van der Waals surface area contributed by atoms with Crippen LogP contribution < -0.4 is 10.6 Å². The Labute approximate surface area is 98.4 Å². The van der Waals surface area contributed by atoms with E-state index >= 15 is 0 Å². The Bertz CT molecular complexity index is 251. The van der Waals surface area contributed by atoms with Crippen LogP contribution in [0.5, 0.6) is 0 Å². The van der Waals surface area contributed by atoms with E-state index in [-0.39, 0.29) is 5.91 Å². The monoisotopic (exact) mass is 222 g/mol. The lowest BCUT2D eigenvalue weighted by Gasteiger charge is -2.27. The minimum atomic E-state index is 0.133. The van der Waals surface area contributed by atoms with E-state index in [1.165, 1.54) is 12.8 Å². The first-order valence-corrected chi connectivity index (χ1v) is 6.15. The third kappa shape index (κ3) is 4.67. The van der Waals surface area contributed by atoms with E-state index in [0.717, 1.165) is 13.1 Å². The summed E-state index contributed by atoms with van der Waals surface area (Å²) in [4.78, 5) is 11.6. The molecule has 0 aliphatic carbocycles. The fourth-order valence-electron chi connectivity index (χ4n) is 2.17. The maximum Gasteiger partial charge on any atom is 0.220 e. The van der Waals surface area contributed by atoms with Gasteiger partial charge in [0.25, 0.3) is 0 Å². The second-order valence-corrected chi connectivity index (χ2v) is 4.59. The summed E-state index contributed by atoms with van der Waals surface area (Å²) >= 11 is 0. The normalized spacial score (nSPS) is 22.1. The number of piperidine rings is 1. The summed E-state index contributed by atoms with van der Waals surface area (Å²) in [5, 5.41) is 6.23. The van der Waals surface area contributed by atoms with Crippen molar-refractivity contribution in [3.05, 3.63) is 0 Å². The topological polar surface area (TPSA) is 41.1 Å². The molecular formula is C13H22N2O. The number of hydrogen-bond acceptors (Lipinski definition) is 2. The van der Waals surface area contributed by atoms with Crippen molar-refractivity contribution in [3.63, 3.8) is 0 Å². The molecule has 0 saturated carbocycles. The SMILES string of the molecule is C#CCCNC(=O)CC(C)C1CCCNC1. The molecule has 90 valence electrons. The molecule has 3 heteroatoms. The molecule has 0 aromatic heterocycles. The molecule has 0 bridgehead atoms. The fourth-order valence-corrected chi connectivity index (χ4v) is 2.17. The molecule has 1 saturated heterocycles. The Morgan fingerprint density at radius 1 is 1.69 bits per heavy atom. The van der Waals surface area contributed by atoms with Crippen molar-refractivity contribution in [1.82, 2.24) is 10.6 Å². The number of carbonyl (C=O) groups is 1. The largest absolute Gasteiger partial charge is 0.355 e. The molecular weight excluding hydrogens is 200 g/mol. The summed E-state index contributed by atoms with van der Waals surface area (Å²) in [5.41, 5.74) is 0. The van der Waals surface area contributed by atoms with Crippen LogP contribution in [-0.4, -0.2) is 25.5 Å². The minimum absolute atomic E-state index is 0.133. The van der Waals surface area contributed by atoms with Crippen molar-refractivity contribution in [3.8, 4) is 12.3 Å². The highest BCUT2D eigenvalue weighted by molar-refractivity contribution is 5.76. The fraction of sp³-hybridized carbons (Fsp3) is 0.769. The highest BCUT2D eigenvalue weighted by Gasteiger charge is 2.21. The molecule has 1 aliphatic heterocycles. The van der Waals surface area contributed by atoms with Crippen LogP contribution in [0.2, 0.25) is 0 Å². The molecule has 0 aromatic rings. The van der Waals surface area contributed by atoms with Gasteiger partial charge in [0.2, 0.25) is 5.91 Å². The average molecular weight is 222 g/mol. The van der Waals surface area contributed by atoms with Crippen molar-refractivity contribution < 1.29 is 4.79 Å². The van der Waals surface area contributed by atoms with Crippen LogP contribution in [0.1, 0.15) is 32.6 Å². The zero-order valence-corrected chi connectivity index (χ0v) is 10.1. The maximum atomic E-state index is 11.6. The summed E-state index contributed by atoms with van der Waals surface area (Å²) in [5.74, 6) is 3.75. The summed E-state index contributed by atoms with van der Waals surface area (Å²) < 4.78 is 0. The van der Waals surface area contributed by atoms with E-state index in [9.17, 15) is 4.79 Å². The van der Waals surface area contributed by atoms with Gasteiger partial charge in [-0.3, -0.25) is 4.79 Å². The van der Waals surface area contributed by atoms with E-state index in [0.29, 0.717) is 31.2 Å². The second-order valence-electron chi connectivity index (χ2n) is 4.59. The number of hydrogen-bond donors (Lipinski definition) is 2. The zero-order valence-electron chi connectivity index (χ0n) is 10.1. The maximum absolute atomic E-state index is 11.6. The third-order valence-electron chi connectivity index (χ3n) is 3.24. The van der Waals surface area contributed by atoms with Gasteiger partial charge in [-0.2, -0.15) is 0 Å². The van der Waals surface area contributed by atoms with Crippen LogP contribution in [0.3, 0.4) is 0 Å². The molecule has 2 unspecified atom stereocenters. The van der Waals surface area contributed by atoms with E-state index in [1.54, 1.807) is 0 Å². The molecule has 16 heavy (non-hydrogen) atoms. The number of rotatable bonds is 5. The molecule has 2 N–H and O–H groups in total. The number of nitrogens with one attached hydrogen (secondary N) is 2. The molecule has 1 fully saturated rings. The van der Waals surface area contributed by atoms with Crippen LogP contribution in [0.25, 0.3) is 0 Å². The Balaban J connectivity index is 2.19. The lowest BCUT2D eigenvalue weighted by molar-refractivity contribution is -0.122. The first kappa shape index (κ1) is 13.1. The molecule has 0 spiro atoms. The number of terminal acetylenes is 1. The molecule has 1 heterocycles. The Morgan fingerprint density at radius 2 is 2.50 bits per heavy atom. The first-order valence-electron chi connectivity index (χ1n) is 6.15. The van der Waals surface area contributed by atoms with Gasteiger partial charge in [0.15, 0.2) is 0 Å². The van der Waals surface area contributed by atoms with E-state index in [4.69, 9.17) is 6.42 Å². The molecule has 0 aromatic carbocycles. The Kier molecular flexibility index (Phi) is 5.95. The van der Waals surface area contributed by atoms with Gasteiger partial charge in [-0.25, -0.2) is 0 Å². The molecule has 0 radical (unpaired) electrons. The van der Waals surface area contributed by atoms with Crippen molar-refractivity contribution in [2.75, 3.05) is 19.6 Å². The summed E-state index contributed by atoms with van der Waals surface area (Å²) in [6, 6.07) is 0. The molecule has 2 atom stereocenters. The van der Waals surface area contributed by atoms with Crippen molar-refractivity contribution in [2.45, 2.75) is 32.6 Å². The van der Waals surface area contributed by atoms with Crippen LogP contribution >= 0.6 is 0 Å². The predicted molar refractivity (Wildman–Crippen MR) is 65.8 cm³/mol. The predicted octanol–water partition coefficient (Wildman–Crippen LogP) is 1.15. The quantitative estimate of drug-likeness (QED) is 0.541. The van der Waals surface area contributed by atoms with Gasteiger partial charge >= 0.3 is 0 Å². The Hall–Kier alpha value is -1.01. The molecule has 3 nitrogen and oxygen atoms in total. The highest BCUT2D eigenvalue weighted by atomic mass is 16.1. The number of carbonyl (C=O) groups excluding carboxylic acids is 1. The molecule has 1 rings (SSSR count). The van der Waals surface area contributed by atoms with Gasteiger partial charge in [0.1, 0.15) is 0 Å². The van der Waals surface area contributed by atoms with Crippen molar-refractivity contribution in [1.29, 1.82) is 0 Å². The first-order chi connectivity index (χ1) is 7.74. The summed E-state index contributed by atoms with van der Waals surface area (Å²) in [7, 11) is 0. The highest BCUT2D eigenvalue weighted by Crippen LogP contribution is 2.22. The van der Waals surface area contributed by atoms with Crippen LogP contribution in [0.4, 0.5) is 0 Å². The lowest BCUT2D eigenvalue weighted by Crippen LogP contribution is -2.35. The molecule has 1 aliphatic rings. The van der Waals surface area contributed by atoms with Crippen LogP contribution in [0.15, 0.2) is 0 Å². The second kappa shape index (κ2) is 7.29. The smallest absolute Gasteiger partial charge is 0.220 e. The lowest BCUT2D eigenvalue weighted by atomic mass is 9.85. The van der Waals surface area contributed by atoms with Crippen molar-refractivity contribution in [2.24, 2.45) is 11.8 Å². The minimum Gasteiger partial charge on any atom is -0.355 e. The zero-order chi connectivity index (χ0) is 11.8. The average Bonchev–Trinajstić information content (AvgIpc) is 2.30. The molecule has 1 amide bonds. The van der Waals surface area contributed by atoms with Crippen molar-refractivity contribution >= 4 is 5.91 Å². The Morgan fingerprint density at radius 3 is 3.12 bits per heavy atom. The van der Waals surface area contributed by atoms with E-state index < -0.39 is 0 Å². The van der Waals surface area contributed by atoms with Gasteiger partial charge in [-0.1, -0.05) is 6.92 Å². The van der Waals surface area contributed by atoms with Gasteiger partial charge in [-0.15, -0.1) is 12.3 Å². The number of amides is 1. The van der Waals surface area contributed by atoms with Gasteiger partial charge in [-0.05, 0) is 37.8 Å². The summed E-state index contributed by atoms with van der Waals surface area (Å²) in [6.07, 6.45) is 8.83. The third-order valence-corrected chi connectivity index (χ3v) is 3.24. The van der Waals surface area contributed by atoms with E-state index in [2.05, 4.69) is 23.5 Å². The van der Waals surface area contributed by atoms with Gasteiger partial charge in [0, 0.05) is 19.4 Å². The van der Waals surface area contributed by atoms with Crippen LogP contribution in [-0.2, 0) is 4.79 Å². The standard InChI is InChI=1S/C13H22N2O/c1-3-4-8-15-13(16)9-11(2)12-6-5-7-14-10-12/h1,11-12,14H,4-10H2,2H3,(H,15,16).